The van der Waals surface area contributed by atoms with Gasteiger partial charge in [-0.1, -0.05) is 53.6 Å². The fourth-order valence-corrected chi connectivity index (χ4v) is 3.63. The third-order valence-corrected chi connectivity index (χ3v) is 4.65. The molecule has 24 heavy (non-hydrogen) atoms. The van der Waals surface area contributed by atoms with Gasteiger partial charge in [-0.25, -0.2) is 0 Å². The summed E-state index contributed by atoms with van der Waals surface area (Å²) in [5, 5.41) is 0. The van der Waals surface area contributed by atoms with Crippen molar-refractivity contribution in [3.63, 3.8) is 0 Å². The first-order chi connectivity index (χ1) is 11.5. The Kier molecular flexibility index (Phi) is 4.53. The van der Waals surface area contributed by atoms with Crippen LogP contribution in [0.4, 0.5) is 5.69 Å². The van der Waals surface area contributed by atoms with Crippen molar-refractivity contribution in [3.05, 3.63) is 81.4 Å². The molecular weight excluding hydrogens is 290 g/mol. The lowest BCUT2D eigenvalue weighted by Crippen LogP contribution is -1.93. The van der Waals surface area contributed by atoms with Crippen LogP contribution in [0.2, 0.25) is 0 Å². The number of hydrogen-bond acceptors (Lipinski definition) is 1. The Balaban J connectivity index is 2.00. The van der Waals surface area contributed by atoms with E-state index < -0.39 is 0 Å². The van der Waals surface area contributed by atoms with Gasteiger partial charge < -0.3 is 0 Å². The van der Waals surface area contributed by atoms with Crippen molar-refractivity contribution in [2.24, 2.45) is 4.99 Å². The molecular formula is C23H25N. The first-order valence-electron chi connectivity index (χ1n) is 8.54. The average Bonchev–Trinajstić information content (AvgIpc) is 2.85. The Hall–Kier alpha value is -2.41. The topological polar surface area (TPSA) is 12.4 Å². The minimum Gasteiger partial charge on any atom is -0.256 e. The van der Waals surface area contributed by atoms with Gasteiger partial charge in [-0.05, 0) is 68.9 Å². The molecule has 0 aromatic heterocycles. The number of aryl methyl sites for hydroxylation is 3. The number of allylic oxidation sites excluding steroid dienone is 4. The zero-order valence-electron chi connectivity index (χ0n) is 15.3. The molecule has 2 aromatic carbocycles. The Bertz CT molecular complexity index is 856. The molecule has 1 heteroatoms. The van der Waals surface area contributed by atoms with Gasteiger partial charge in [0.2, 0.25) is 0 Å². The molecule has 0 N–H and O–H groups in total. The summed E-state index contributed by atoms with van der Waals surface area (Å²) in [5.41, 5.74) is 11.6. The van der Waals surface area contributed by atoms with Crippen LogP contribution in [-0.4, -0.2) is 6.21 Å². The van der Waals surface area contributed by atoms with E-state index in [0.717, 1.165) is 12.1 Å². The van der Waals surface area contributed by atoms with Crippen LogP contribution in [-0.2, 0) is 0 Å². The molecule has 2 aromatic rings. The summed E-state index contributed by atoms with van der Waals surface area (Å²) in [6.07, 6.45) is 5.35. The maximum absolute atomic E-state index is 4.83. The van der Waals surface area contributed by atoms with Crippen LogP contribution in [0.15, 0.2) is 58.6 Å². The first kappa shape index (κ1) is 16.4. The van der Waals surface area contributed by atoms with Crippen LogP contribution < -0.4 is 0 Å². The number of hydrogen-bond donors (Lipinski definition) is 0. The number of benzene rings is 2. The van der Waals surface area contributed by atoms with E-state index in [9.17, 15) is 0 Å². The van der Waals surface area contributed by atoms with Crippen LogP contribution in [0.3, 0.4) is 0 Å². The Morgan fingerprint density at radius 2 is 1.58 bits per heavy atom. The molecule has 122 valence electrons. The molecule has 0 fully saturated rings. The van der Waals surface area contributed by atoms with Gasteiger partial charge in [0, 0.05) is 11.8 Å². The Morgan fingerprint density at radius 1 is 0.917 bits per heavy atom. The van der Waals surface area contributed by atoms with Crippen LogP contribution in [0.25, 0.3) is 5.57 Å². The quantitative estimate of drug-likeness (QED) is 0.574. The van der Waals surface area contributed by atoms with Crippen molar-refractivity contribution in [2.45, 2.75) is 41.0 Å². The van der Waals surface area contributed by atoms with Crippen LogP contribution >= 0.6 is 0 Å². The Morgan fingerprint density at radius 3 is 2.21 bits per heavy atom. The summed E-state index contributed by atoms with van der Waals surface area (Å²) >= 11 is 0. The van der Waals surface area contributed by atoms with Crippen LogP contribution in [0.1, 0.15) is 48.1 Å². The van der Waals surface area contributed by atoms with E-state index in [1.54, 1.807) is 0 Å². The number of aliphatic imine (C=N–C) groups is 1. The van der Waals surface area contributed by atoms with E-state index in [1.807, 2.05) is 6.21 Å². The lowest BCUT2D eigenvalue weighted by molar-refractivity contribution is 1.26. The van der Waals surface area contributed by atoms with Crippen molar-refractivity contribution in [3.8, 4) is 0 Å². The van der Waals surface area contributed by atoms with Gasteiger partial charge in [-0.3, -0.25) is 4.99 Å². The third-order valence-electron chi connectivity index (χ3n) is 4.65. The van der Waals surface area contributed by atoms with Gasteiger partial charge in [-0.2, -0.15) is 0 Å². The third kappa shape index (κ3) is 3.26. The molecule has 1 nitrogen and oxygen atoms in total. The molecule has 0 aliphatic heterocycles. The summed E-state index contributed by atoms with van der Waals surface area (Å²) in [6.45, 7) is 10.8. The van der Waals surface area contributed by atoms with E-state index in [2.05, 4.69) is 77.1 Å². The molecule has 0 heterocycles. The SMILES string of the molecule is CC1=CC(C)=C(c2ccccc2C=Nc2c(C)cc(C)cc2C)C1. The molecule has 0 saturated carbocycles. The molecule has 3 rings (SSSR count). The summed E-state index contributed by atoms with van der Waals surface area (Å²) in [4.78, 5) is 4.83. The lowest BCUT2D eigenvalue weighted by atomic mass is 9.96. The number of nitrogens with zero attached hydrogens (tertiary/aromatic N) is 1. The smallest absolute Gasteiger partial charge is 0.0688 e. The van der Waals surface area contributed by atoms with E-state index in [1.165, 1.54) is 44.5 Å². The summed E-state index contributed by atoms with van der Waals surface area (Å²) in [6, 6.07) is 13.0. The van der Waals surface area contributed by atoms with Crippen LogP contribution in [0, 0.1) is 20.8 Å². The highest BCUT2D eigenvalue weighted by atomic mass is 14.7. The van der Waals surface area contributed by atoms with E-state index in [4.69, 9.17) is 4.99 Å². The van der Waals surface area contributed by atoms with Crippen molar-refractivity contribution in [1.82, 2.24) is 0 Å². The normalized spacial score (nSPS) is 14.6. The van der Waals surface area contributed by atoms with Crippen molar-refractivity contribution < 1.29 is 0 Å². The van der Waals surface area contributed by atoms with Gasteiger partial charge in [0.25, 0.3) is 0 Å². The zero-order valence-corrected chi connectivity index (χ0v) is 15.3. The minimum atomic E-state index is 1.04. The van der Waals surface area contributed by atoms with E-state index in [0.29, 0.717) is 0 Å². The highest BCUT2D eigenvalue weighted by Crippen LogP contribution is 2.34. The van der Waals surface area contributed by atoms with Crippen LogP contribution in [0.5, 0.6) is 0 Å². The molecule has 0 bridgehead atoms. The van der Waals surface area contributed by atoms with Gasteiger partial charge in [0.05, 0.1) is 5.69 Å². The average molecular weight is 315 g/mol. The van der Waals surface area contributed by atoms with Gasteiger partial charge in [-0.15, -0.1) is 0 Å². The second kappa shape index (κ2) is 6.60. The first-order valence-corrected chi connectivity index (χ1v) is 8.54. The second-order valence-electron chi connectivity index (χ2n) is 6.92. The maximum Gasteiger partial charge on any atom is 0.0688 e. The molecule has 0 unspecified atom stereocenters. The predicted octanol–water partition coefficient (Wildman–Crippen LogP) is 6.49. The maximum atomic E-state index is 4.83. The predicted molar refractivity (Wildman–Crippen MR) is 105 cm³/mol. The van der Waals surface area contributed by atoms with Gasteiger partial charge >= 0.3 is 0 Å². The molecule has 1 aliphatic rings. The van der Waals surface area contributed by atoms with Gasteiger partial charge in [0.15, 0.2) is 0 Å². The molecule has 0 spiro atoms. The fraction of sp³-hybridized carbons (Fsp3) is 0.261. The number of rotatable bonds is 3. The molecule has 0 atom stereocenters. The molecule has 1 aliphatic carbocycles. The molecule has 0 amide bonds. The second-order valence-corrected chi connectivity index (χ2v) is 6.92. The van der Waals surface area contributed by atoms with E-state index >= 15 is 0 Å². The molecule has 0 radical (unpaired) electrons. The minimum absolute atomic E-state index is 1.04. The van der Waals surface area contributed by atoms with E-state index in [-0.39, 0.29) is 0 Å². The summed E-state index contributed by atoms with van der Waals surface area (Å²) in [5.74, 6) is 0. The monoisotopic (exact) mass is 315 g/mol. The van der Waals surface area contributed by atoms with Crippen molar-refractivity contribution in [1.29, 1.82) is 0 Å². The summed E-state index contributed by atoms with van der Waals surface area (Å²) < 4.78 is 0. The van der Waals surface area contributed by atoms with Crippen molar-refractivity contribution in [2.75, 3.05) is 0 Å². The Labute approximate surface area is 145 Å². The molecule has 0 saturated heterocycles. The van der Waals surface area contributed by atoms with Gasteiger partial charge in [0.1, 0.15) is 0 Å². The lowest BCUT2D eigenvalue weighted by Gasteiger charge is -2.10. The highest BCUT2D eigenvalue weighted by molar-refractivity contribution is 5.92. The zero-order chi connectivity index (χ0) is 17.3. The highest BCUT2D eigenvalue weighted by Gasteiger charge is 2.14. The fourth-order valence-electron chi connectivity index (χ4n) is 3.63. The van der Waals surface area contributed by atoms with Crippen molar-refractivity contribution >= 4 is 17.5 Å². The standard InChI is InChI=1S/C23H25N/c1-15-11-18(4)23(19(5)12-15)24-14-20-8-6-7-9-21(20)22-13-16(2)10-17(22)3/h6-12,14H,13H2,1-5H3. The summed E-state index contributed by atoms with van der Waals surface area (Å²) in [7, 11) is 0. The largest absolute Gasteiger partial charge is 0.256 e.